The quantitative estimate of drug-likeness (QED) is 0.753. The number of methoxy groups -OCH3 is 1. The van der Waals surface area contributed by atoms with E-state index >= 15 is 0 Å². The molecule has 0 N–H and O–H groups in total. The predicted octanol–water partition coefficient (Wildman–Crippen LogP) is 1.82. The van der Waals surface area contributed by atoms with Crippen molar-refractivity contribution in [1.29, 1.82) is 5.26 Å². The first-order valence-electron chi connectivity index (χ1n) is 6.07. The topological polar surface area (TPSA) is 63.7 Å². The van der Waals surface area contributed by atoms with Crippen LogP contribution >= 0.6 is 0 Å². The van der Waals surface area contributed by atoms with Gasteiger partial charge in [-0.3, -0.25) is 0 Å². The minimum Gasteiger partial charge on any atom is -0.385 e. The van der Waals surface area contributed by atoms with Crippen molar-refractivity contribution in [3.05, 3.63) is 11.4 Å². The van der Waals surface area contributed by atoms with Crippen molar-refractivity contribution >= 4 is 0 Å². The molecule has 0 bridgehead atoms. The maximum atomic E-state index is 8.79. The third kappa shape index (κ3) is 2.64. The lowest BCUT2D eigenvalue weighted by Gasteiger charge is -2.14. The van der Waals surface area contributed by atoms with Crippen molar-refractivity contribution in [2.24, 2.45) is 0 Å². The van der Waals surface area contributed by atoms with Crippen molar-refractivity contribution in [3.63, 3.8) is 0 Å². The summed E-state index contributed by atoms with van der Waals surface area (Å²) in [6, 6.07) is 2.44. The summed E-state index contributed by atoms with van der Waals surface area (Å²) < 4.78 is 7.08. The maximum absolute atomic E-state index is 8.79. The number of hydrogen-bond acceptors (Lipinski definition) is 4. The Kier molecular flexibility index (Phi) is 3.75. The van der Waals surface area contributed by atoms with E-state index in [0.29, 0.717) is 12.3 Å². The third-order valence-electron chi connectivity index (χ3n) is 3.17. The van der Waals surface area contributed by atoms with Gasteiger partial charge in [0.15, 0.2) is 0 Å². The van der Waals surface area contributed by atoms with Gasteiger partial charge in [-0.25, -0.2) is 4.68 Å². The van der Waals surface area contributed by atoms with Crippen LogP contribution in [-0.4, -0.2) is 28.7 Å². The fourth-order valence-corrected chi connectivity index (χ4v) is 2.05. The fraction of sp³-hybridized carbons (Fsp3) is 0.750. The van der Waals surface area contributed by atoms with Gasteiger partial charge in [0.05, 0.1) is 24.2 Å². The smallest absolute Gasteiger partial charge is 0.100 e. The molecule has 1 aromatic rings. The zero-order valence-electron chi connectivity index (χ0n) is 10.4. The highest BCUT2D eigenvalue weighted by atomic mass is 16.5. The molecule has 1 unspecified atom stereocenters. The van der Waals surface area contributed by atoms with E-state index in [0.717, 1.165) is 18.7 Å². The number of aromatic nitrogens is 3. The molecular formula is C12H18N4O. The second kappa shape index (κ2) is 5.28. The van der Waals surface area contributed by atoms with Gasteiger partial charge < -0.3 is 4.74 Å². The van der Waals surface area contributed by atoms with Gasteiger partial charge in [0.1, 0.15) is 5.69 Å². The van der Waals surface area contributed by atoms with Crippen LogP contribution in [0.4, 0.5) is 0 Å². The second-order valence-electron chi connectivity index (χ2n) is 4.61. The molecule has 1 aromatic heterocycles. The molecule has 0 aromatic carbocycles. The average Bonchev–Trinajstić information content (AvgIpc) is 3.08. The highest BCUT2D eigenvalue weighted by Crippen LogP contribution is 2.42. The van der Waals surface area contributed by atoms with E-state index in [1.165, 1.54) is 18.5 Å². The first-order valence-corrected chi connectivity index (χ1v) is 6.07. The van der Waals surface area contributed by atoms with Crippen molar-refractivity contribution in [3.8, 4) is 6.07 Å². The van der Waals surface area contributed by atoms with Gasteiger partial charge >= 0.3 is 0 Å². The van der Waals surface area contributed by atoms with E-state index in [1.54, 1.807) is 7.11 Å². The minimum absolute atomic E-state index is 0.283. The summed E-state index contributed by atoms with van der Waals surface area (Å²) >= 11 is 0. The number of rotatable bonds is 6. The van der Waals surface area contributed by atoms with Gasteiger partial charge in [-0.15, -0.1) is 5.10 Å². The second-order valence-corrected chi connectivity index (χ2v) is 4.61. The SMILES string of the molecule is COCCC(C)n1nnc(CC#N)c1C1CC1. The van der Waals surface area contributed by atoms with Crippen molar-refractivity contribution in [2.75, 3.05) is 13.7 Å². The molecule has 0 spiro atoms. The zero-order valence-corrected chi connectivity index (χ0v) is 10.4. The molecule has 1 aliphatic carbocycles. The Morgan fingerprint density at radius 2 is 2.35 bits per heavy atom. The standard InChI is InChI=1S/C12H18N4O/c1-9(6-8-17-2)16-12(10-3-4-10)11(5-7-13)14-15-16/h9-10H,3-6,8H2,1-2H3. The molecule has 1 fully saturated rings. The molecule has 1 aliphatic rings. The number of hydrogen-bond donors (Lipinski definition) is 0. The zero-order chi connectivity index (χ0) is 12.3. The van der Waals surface area contributed by atoms with Gasteiger partial charge in [0, 0.05) is 19.6 Å². The molecule has 1 saturated carbocycles. The summed E-state index contributed by atoms with van der Waals surface area (Å²) in [6.45, 7) is 2.84. The molecule has 2 rings (SSSR count). The van der Waals surface area contributed by atoms with Crippen molar-refractivity contribution in [2.45, 2.75) is 44.6 Å². The highest BCUT2D eigenvalue weighted by molar-refractivity contribution is 5.23. The minimum atomic E-state index is 0.283. The lowest BCUT2D eigenvalue weighted by Crippen LogP contribution is -2.13. The molecule has 1 atom stereocenters. The fourth-order valence-electron chi connectivity index (χ4n) is 2.05. The first kappa shape index (κ1) is 12.1. The van der Waals surface area contributed by atoms with Crippen LogP contribution in [0.3, 0.4) is 0 Å². The van der Waals surface area contributed by atoms with Crippen LogP contribution in [0.15, 0.2) is 0 Å². The number of ether oxygens (including phenoxy) is 1. The van der Waals surface area contributed by atoms with Gasteiger partial charge in [0.2, 0.25) is 0 Å². The predicted molar refractivity (Wildman–Crippen MR) is 62.5 cm³/mol. The largest absolute Gasteiger partial charge is 0.385 e. The van der Waals surface area contributed by atoms with Crippen LogP contribution in [0, 0.1) is 11.3 Å². The van der Waals surface area contributed by atoms with Crippen LogP contribution in [0.25, 0.3) is 0 Å². The number of nitriles is 1. The highest BCUT2D eigenvalue weighted by Gasteiger charge is 2.32. The summed E-state index contributed by atoms with van der Waals surface area (Å²) in [6.07, 6.45) is 3.68. The van der Waals surface area contributed by atoms with Crippen LogP contribution < -0.4 is 0 Å². The summed E-state index contributed by atoms with van der Waals surface area (Å²) in [5, 5.41) is 17.1. The molecule has 0 radical (unpaired) electrons. The van der Waals surface area contributed by atoms with Gasteiger partial charge in [-0.05, 0) is 26.2 Å². The van der Waals surface area contributed by atoms with E-state index in [1.807, 2.05) is 4.68 Å². The van der Waals surface area contributed by atoms with Gasteiger partial charge in [0.25, 0.3) is 0 Å². The monoisotopic (exact) mass is 234 g/mol. The van der Waals surface area contributed by atoms with Crippen molar-refractivity contribution in [1.82, 2.24) is 15.0 Å². The molecule has 1 heterocycles. The maximum Gasteiger partial charge on any atom is 0.100 e. The molecule has 92 valence electrons. The Morgan fingerprint density at radius 1 is 1.59 bits per heavy atom. The molecule has 0 saturated heterocycles. The average molecular weight is 234 g/mol. The Morgan fingerprint density at radius 3 is 2.94 bits per heavy atom. The van der Waals surface area contributed by atoms with E-state index in [2.05, 4.69) is 23.3 Å². The normalized spacial score (nSPS) is 16.8. The lowest BCUT2D eigenvalue weighted by molar-refractivity contribution is 0.177. The lowest BCUT2D eigenvalue weighted by atomic mass is 10.1. The van der Waals surface area contributed by atoms with Crippen LogP contribution in [0.2, 0.25) is 0 Å². The summed E-state index contributed by atoms with van der Waals surface area (Å²) in [7, 11) is 1.71. The molecule has 5 nitrogen and oxygen atoms in total. The Hall–Kier alpha value is -1.41. The third-order valence-corrected chi connectivity index (χ3v) is 3.17. The summed E-state index contributed by atoms with van der Waals surface area (Å²) in [4.78, 5) is 0. The summed E-state index contributed by atoms with van der Waals surface area (Å²) in [5.74, 6) is 0.568. The number of nitrogens with zero attached hydrogens (tertiary/aromatic N) is 4. The van der Waals surface area contributed by atoms with E-state index in [-0.39, 0.29) is 6.04 Å². The molecule has 0 amide bonds. The molecule has 5 heteroatoms. The van der Waals surface area contributed by atoms with Crippen molar-refractivity contribution < 1.29 is 4.74 Å². The van der Waals surface area contributed by atoms with E-state index in [4.69, 9.17) is 10.00 Å². The van der Waals surface area contributed by atoms with E-state index in [9.17, 15) is 0 Å². The molecule has 0 aliphatic heterocycles. The Bertz CT molecular complexity index is 417. The summed E-state index contributed by atoms with van der Waals surface area (Å²) in [5.41, 5.74) is 2.04. The molecular weight excluding hydrogens is 216 g/mol. The van der Waals surface area contributed by atoms with Gasteiger partial charge in [-0.2, -0.15) is 5.26 Å². The Labute approximate surface area is 101 Å². The Balaban J connectivity index is 2.18. The molecule has 17 heavy (non-hydrogen) atoms. The van der Waals surface area contributed by atoms with Crippen LogP contribution in [0.1, 0.15) is 49.5 Å². The van der Waals surface area contributed by atoms with Gasteiger partial charge in [-0.1, -0.05) is 5.21 Å². The van der Waals surface area contributed by atoms with E-state index < -0.39 is 0 Å². The first-order chi connectivity index (χ1) is 8.27. The van der Waals surface area contributed by atoms with Crippen LogP contribution in [0.5, 0.6) is 0 Å². The van der Waals surface area contributed by atoms with Crippen LogP contribution in [-0.2, 0) is 11.2 Å².